The molecule has 0 spiro atoms. The molecule has 0 saturated heterocycles. The number of halogens is 1. The summed E-state index contributed by atoms with van der Waals surface area (Å²) in [7, 11) is 2.01. The predicted molar refractivity (Wildman–Crippen MR) is 76.3 cm³/mol. The first-order chi connectivity index (χ1) is 8.76. The van der Waals surface area contributed by atoms with Gasteiger partial charge in [-0.1, -0.05) is 51.2 Å². The third-order valence-corrected chi connectivity index (χ3v) is 3.46. The topological polar surface area (TPSA) is 12.0 Å². The highest BCUT2D eigenvalue weighted by molar-refractivity contribution is 5.17. The van der Waals surface area contributed by atoms with Gasteiger partial charge in [0.2, 0.25) is 0 Å². The van der Waals surface area contributed by atoms with Gasteiger partial charge >= 0.3 is 0 Å². The van der Waals surface area contributed by atoms with Crippen molar-refractivity contribution >= 4 is 0 Å². The van der Waals surface area contributed by atoms with E-state index in [-0.39, 0.29) is 5.82 Å². The lowest BCUT2D eigenvalue weighted by Crippen LogP contribution is -2.27. The highest BCUT2D eigenvalue weighted by Crippen LogP contribution is 2.12. The first-order valence-electron chi connectivity index (χ1n) is 7.18. The summed E-state index contributed by atoms with van der Waals surface area (Å²) < 4.78 is 12.8. The molecule has 0 aliphatic heterocycles. The van der Waals surface area contributed by atoms with Gasteiger partial charge in [-0.2, -0.15) is 0 Å². The van der Waals surface area contributed by atoms with Gasteiger partial charge in [0.05, 0.1) is 0 Å². The molecule has 1 unspecified atom stereocenters. The van der Waals surface area contributed by atoms with Crippen LogP contribution in [0.3, 0.4) is 0 Å². The fourth-order valence-electron chi connectivity index (χ4n) is 2.25. The molecular formula is C16H26FN. The van der Waals surface area contributed by atoms with Crippen molar-refractivity contribution in [3.8, 4) is 0 Å². The number of rotatable bonds is 9. The maximum atomic E-state index is 12.8. The van der Waals surface area contributed by atoms with Gasteiger partial charge in [0.25, 0.3) is 0 Å². The normalized spacial score (nSPS) is 12.6. The Morgan fingerprint density at radius 1 is 1.06 bits per heavy atom. The quantitative estimate of drug-likeness (QED) is 0.645. The standard InChI is InChI=1S/C16H26FN/c1-3-4-5-6-7-8-16(18-2)13-14-9-11-15(17)12-10-14/h9-12,16,18H,3-8,13H2,1-2H3. The van der Waals surface area contributed by atoms with Crippen molar-refractivity contribution in [3.05, 3.63) is 35.6 Å². The van der Waals surface area contributed by atoms with Crippen molar-refractivity contribution in [1.82, 2.24) is 5.32 Å². The summed E-state index contributed by atoms with van der Waals surface area (Å²) in [5.74, 6) is -0.153. The Hall–Kier alpha value is -0.890. The molecule has 0 aliphatic carbocycles. The zero-order chi connectivity index (χ0) is 13.2. The number of hydrogen-bond acceptors (Lipinski definition) is 1. The van der Waals surface area contributed by atoms with Crippen molar-refractivity contribution in [2.45, 2.75) is 57.9 Å². The van der Waals surface area contributed by atoms with E-state index in [1.807, 2.05) is 19.2 Å². The van der Waals surface area contributed by atoms with Gasteiger partial charge < -0.3 is 5.32 Å². The fourth-order valence-corrected chi connectivity index (χ4v) is 2.25. The maximum Gasteiger partial charge on any atom is 0.123 e. The van der Waals surface area contributed by atoms with Crippen LogP contribution in [0, 0.1) is 5.82 Å². The van der Waals surface area contributed by atoms with Gasteiger partial charge in [-0.3, -0.25) is 0 Å². The van der Waals surface area contributed by atoms with Crippen molar-refractivity contribution in [2.24, 2.45) is 0 Å². The van der Waals surface area contributed by atoms with E-state index in [0.29, 0.717) is 6.04 Å². The molecule has 0 heterocycles. The molecule has 0 amide bonds. The van der Waals surface area contributed by atoms with Gasteiger partial charge in [-0.25, -0.2) is 4.39 Å². The molecule has 0 aromatic heterocycles. The second-order valence-electron chi connectivity index (χ2n) is 5.02. The highest BCUT2D eigenvalue weighted by Gasteiger charge is 2.07. The molecule has 0 aliphatic rings. The Bertz CT molecular complexity index is 307. The van der Waals surface area contributed by atoms with Crippen LogP contribution in [0.5, 0.6) is 0 Å². The summed E-state index contributed by atoms with van der Waals surface area (Å²) in [6, 6.07) is 7.37. The zero-order valence-corrected chi connectivity index (χ0v) is 11.7. The van der Waals surface area contributed by atoms with E-state index in [0.717, 1.165) is 6.42 Å². The molecule has 0 fully saturated rings. The molecule has 0 radical (unpaired) electrons. The molecule has 0 bridgehead atoms. The van der Waals surface area contributed by atoms with Gasteiger partial charge in [0.1, 0.15) is 5.82 Å². The van der Waals surface area contributed by atoms with E-state index in [1.165, 1.54) is 44.1 Å². The van der Waals surface area contributed by atoms with Crippen molar-refractivity contribution in [1.29, 1.82) is 0 Å². The van der Waals surface area contributed by atoms with Crippen LogP contribution in [0.25, 0.3) is 0 Å². The van der Waals surface area contributed by atoms with E-state index in [4.69, 9.17) is 0 Å². The summed E-state index contributed by atoms with van der Waals surface area (Å²) in [5, 5.41) is 3.36. The van der Waals surface area contributed by atoms with E-state index in [9.17, 15) is 4.39 Å². The number of unbranched alkanes of at least 4 members (excludes halogenated alkanes) is 4. The van der Waals surface area contributed by atoms with E-state index in [2.05, 4.69) is 12.2 Å². The lowest BCUT2D eigenvalue weighted by atomic mass is 10.00. The molecular weight excluding hydrogens is 225 g/mol. The van der Waals surface area contributed by atoms with E-state index < -0.39 is 0 Å². The fraction of sp³-hybridized carbons (Fsp3) is 0.625. The summed E-state index contributed by atoms with van der Waals surface area (Å²) in [6.07, 6.45) is 8.81. The minimum absolute atomic E-state index is 0.153. The first-order valence-corrected chi connectivity index (χ1v) is 7.18. The van der Waals surface area contributed by atoms with Crippen LogP contribution >= 0.6 is 0 Å². The molecule has 1 aromatic carbocycles. The Morgan fingerprint density at radius 3 is 2.33 bits per heavy atom. The molecule has 0 saturated carbocycles. The largest absolute Gasteiger partial charge is 0.317 e. The van der Waals surface area contributed by atoms with Crippen molar-refractivity contribution < 1.29 is 4.39 Å². The van der Waals surface area contributed by atoms with Gasteiger partial charge in [-0.05, 0) is 37.6 Å². The monoisotopic (exact) mass is 251 g/mol. The average Bonchev–Trinajstić information content (AvgIpc) is 2.39. The Balaban J connectivity index is 2.26. The van der Waals surface area contributed by atoms with Crippen molar-refractivity contribution in [3.63, 3.8) is 0 Å². The predicted octanol–water partition coefficient (Wildman–Crippen LogP) is 4.32. The zero-order valence-electron chi connectivity index (χ0n) is 11.7. The van der Waals surface area contributed by atoms with Crippen LogP contribution in [0.2, 0.25) is 0 Å². The summed E-state index contributed by atoms with van der Waals surface area (Å²) >= 11 is 0. The van der Waals surface area contributed by atoms with Crippen LogP contribution in [0.1, 0.15) is 51.0 Å². The minimum Gasteiger partial charge on any atom is -0.317 e. The van der Waals surface area contributed by atoms with E-state index in [1.54, 1.807) is 12.1 Å². The molecule has 18 heavy (non-hydrogen) atoms. The van der Waals surface area contributed by atoms with Crippen LogP contribution in [0.4, 0.5) is 4.39 Å². The first kappa shape index (κ1) is 15.2. The molecule has 2 heteroatoms. The van der Waals surface area contributed by atoms with Crippen molar-refractivity contribution in [2.75, 3.05) is 7.05 Å². The third kappa shape index (κ3) is 6.15. The molecule has 1 N–H and O–H groups in total. The average molecular weight is 251 g/mol. The van der Waals surface area contributed by atoms with Gasteiger partial charge in [0.15, 0.2) is 0 Å². The number of hydrogen-bond donors (Lipinski definition) is 1. The second-order valence-corrected chi connectivity index (χ2v) is 5.02. The Kier molecular flexibility index (Phi) is 7.66. The summed E-state index contributed by atoms with van der Waals surface area (Å²) in [4.78, 5) is 0. The lowest BCUT2D eigenvalue weighted by Gasteiger charge is -2.16. The van der Waals surface area contributed by atoms with E-state index >= 15 is 0 Å². The van der Waals surface area contributed by atoms with Crippen LogP contribution in [0.15, 0.2) is 24.3 Å². The Morgan fingerprint density at radius 2 is 1.72 bits per heavy atom. The summed E-state index contributed by atoms with van der Waals surface area (Å²) in [6.45, 7) is 2.24. The second kappa shape index (κ2) is 9.09. The molecule has 1 rings (SSSR count). The molecule has 1 atom stereocenters. The number of nitrogens with one attached hydrogen (secondary N) is 1. The summed E-state index contributed by atoms with van der Waals surface area (Å²) in [5.41, 5.74) is 1.21. The number of likely N-dealkylation sites (N-methyl/N-ethyl adjacent to an activating group) is 1. The molecule has 1 nitrogen and oxygen atoms in total. The van der Waals surface area contributed by atoms with Gasteiger partial charge in [-0.15, -0.1) is 0 Å². The smallest absolute Gasteiger partial charge is 0.123 e. The lowest BCUT2D eigenvalue weighted by molar-refractivity contribution is 0.481. The molecule has 102 valence electrons. The minimum atomic E-state index is -0.153. The highest BCUT2D eigenvalue weighted by atomic mass is 19.1. The molecule has 1 aromatic rings. The maximum absolute atomic E-state index is 12.8. The van der Waals surface area contributed by atoms with Crippen LogP contribution in [-0.2, 0) is 6.42 Å². The number of benzene rings is 1. The van der Waals surface area contributed by atoms with Gasteiger partial charge in [0, 0.05) is 6.04 Å². The third-order valence-electron chi connectivity index (χ3n) is 3.46. The Labute approximate surface area is 111 Å². The van der Waals surface area contributed by atoms with Crippen LogP contribution in [-0.4, -0.2) is 13.1 Å². The SMILES string of the molecule is CCCCCCCC(Cc1ccc(F)cc1)NC. The van der Waals surface area contributed by atoms with Crippen LogP contribution < -0.4 is 5.32 Å².